The summed E-state index contributed by atoms with van der Waals surface area (Å²) in [6.07, 6.45) is -0.922. The van der Waals surface area contributed by atoms with E-state index >= 15 is 0 Å². The molecule has 1 heterocycles. The molecular formula is C27H29F3N6OS. The highest BCUT2D eigenvalue weighted by molar-refractivity contribution is 7.80. The molecule has 0 saturated carbocycles. The number of nitrogens with zero attached hydrogens (tertiary/aromatic N) is 4. The summed E-state index contributed by atoms with van der Waals surface area (Å²) in [5.74, 6) is -0.268. The topological polar surface area (TPSA) is 100.0 Å². The predicted octanol–water partition coefficient (Wildman–Crippen LogP) is 4.05. The van der Waals surface area contributed by atoms with Gasteiger partial charge in [0, 0.05) is 50.5 Å². The first-order valence-electron chi connectivity index (χ1n) is 12.0. The second kappa shape index (κ2) is 13.2. The van der Waals surface area contributed by atoms with E-state index in [1.807, 2.05) is 23.6 Å². The smallest absolute Gasteiger partial charge is 0.362 e. The maximum absolute atomic E-state index is 13.4. The summed E-state index contributed by atoms with van der Waals surface area (Å²) in [4.78, 5) is 19.1. The largest absolute Gasteiger partial charge is 0.416 e. The minimum absolute atomic E-state index is 0.00475. The third-order valence-corrected chi connectivity index (χ3v) is 6.49. The molecular weight excluding hydrogens is 513 g/mol. The SMILES string of the molecule is CCN(Cc1ccccc1C(F)(F)F)C(=S)C[C@@H](CN)NC(=O)Cc1cncn1Cc1ccc(C#N)cc1. The van der Waals surface area contributed by atoms with Gasteiger partial charge in [-0.1, -0.05) is 42.5 Å². The number of nitrogens with one attached hydrogen (secondary N) is 1. The monoisotopic (exact) mass is 542 g/mol. The summed E-state index contributed by atoms with van der Waals surface area (Å²) >= 11 is 5.54. The fourth-order valence-corrected chi connectivity index (χ4v) is 4.41. The van der Waals surface area contributed by atoms with Gasteiger partial charge in [-0.15, -0.1) is 0 Å². The minimum atomic E-state index is -4.46. The summed E-state index contributed by atoms with van der Waals surface area (Å²) in [5, 5.41) is 11.8. The number of thiocarbonyl (C=S) groups is 1. The van der Waals surface area contributed by atoms with Crippen LogP contribution in [0, 0.1) is 11.3 Å². The van der Waals surface area contributed by atoms with Gasteiger partial charge in [-0.25, -0.2) is 4.98 Å². The number of alkyl halides is 3. The lowest BCUT2D eigenvalue weighted by atomic mass is 10.1. The van der Waals surface area contributed by atoms with Crippen molar-refractivity contribution < 1.29 is 18.0 Å². The fraction of sp³-hybridized carbons (Fsp3) is 0.333. The van der Waals surface area contributed by atoms with Gasteiger partial charge >= 0.3 is 6.18 Å². The van der Waals surface area contributed by atoms with Crippen molar-refractivity contribution in [1.82, 2.24) is 19.8 Å². The highest BCUT2D eigenvalue weighted by atomic mass is 32.1. The molecule has 3 N–H and O–H groups in total. The number of imidazole rings is 1. The minimum Gasteiger partial charge on any atom is -0.362 e. The molecule has 0 unspecified atom stereocenters. The van der Waals surface area contributed by atoms with Gasteiger partial charge in [0.1, 0.15) is 0 Å². The van der Waals surface area contributed by atoms with Crippen molar-refractivity contribution in [2.75, 3.05) is 13.1 Å². The molecule has 0 saturated heterocycles. The molecule has 3 rings (SSSR count). The number of aromatic nitrogens is 2. The molecule has 1 aromatic heterocycles. The molecule has 3 aromatic rings. The molecule has 2 aromatic carbocycles. The van der Waals surface area contributed by atoms with Crippen LogP contribution in [0.15, 0.2) is 61.1 Å². The van der Waals surface area contributed by atoms with E-state index in [1.165, 1.54) is 12.1 Å². The zero-order valence-electron chi connectivity index (χ0n) is 20.9. The number of carbonyl (C=O) groups excluding carboxylic acids is 1. The van der Waals surface area contributed by atoms with Crippen LogP contribution in [0.1, 0.15) is 41.3 Å². The zero-order valence-corrected chi connectivity index (χ0v) is 21.7. The highest BCUT2D eigenvalue weighted by Crippen LogP contribution is 2.32. The molecule has 0 aliphatic carbocycles. The van der Waals surface area contributed by atoms with E-state index in [0.717, 1.165) is 11.6 Å². The van der Waals surface area contributed by atoms with Crippen LogP contribution >= 0.6 is 12.2 Å². The first kappa shape index (κ1) is 28.8. The standard InChI is InChI=1S/C27H29F3N6OS/c1-2-35(17-21-5-3-4-6-24(21)27(28,29)30)26(38)11-22(14-32)34-25(37)12-23-15-33-18-36(23)16-20-9-7-19(13-31)8-10-20/h3-10,15,18,22H,2,11-12,14,16-17,32H2,1H3,(H,34,37)/t22-/m0/s1. The Bertz CT molecular complexity index is 1280. The van der Waals surface area contributed by atoms with E-state index in [-0.39, 0.29) is 37.4 Å². The van der Waals surface area contributed by atoms with Crippen LogP contribution in [0.3, 0.4) is 0 Å². The Kier molecular flexibility index (Phi) is 9.98. The van der Waals surface area contributed by atoms with Gasteiger partial charge in [-0.05, 0) is 36.2 Å². The number of amides is 1. The molecule has 1 atom stereocenters. The van der Waals surface area contributed by atoms with E-state index in [1.54, 1.807) is 35.6 Å². The van der Waals surface area contributed by atoms with Crippen molar-refractivity contribution >= 4 is 23.1 Å². The first-order chi connectivity index (χ1) is 18.1. The van der Waals surface area contributed by atoms with Gasteiger partial charge in [0.2, 0.25) is 5.91 Å². The average Bonchev–Trinajstić information content (AvgIpc) is 3.32. The summed E-state index contributed by atoms with van der Waals surface area (Å²) in [6.45, 7) is 2.83. The second-order valence-electron chi connectivity index (χ2n) is 8.77. The van der Waals surface area contributed by atoms with Crippen LogP contribution in [0.2, 0.25) is 0 Å². The molecule has 0 aliphatic rings. The summed E-state index contributed by atoms with van der Waals surface area (Å²) in [6, 6.07) is 14.2. The number of nitriles is 1. The molecule has 0 fully saturated rings. The Hall–Kier alpha value is -3.75. The normalized spacial score (nSPS) is 12.0. The Morgan fingerprint density at radius 3 is 2.58 bits per heavy atom. The Balaban J connectivity index is 1.60. The van der Waals surface area contributed by atoms with E-state index in [4.69, 9.17) is 23.2 Å². The van der Waals surface area contributed by atoms with E-state index in [2.05, 4.69) is 16.4 Å². The highest BCUT2D eigenvalue weighted by Gasteiger charge is 2.33. The lowest BCUT2D eigenvalue weighted by Gasteiger charge is -2.28. The van der Waals surface area contributed by atoms with Crippen molar-refractivity contribution in [2.45, 2.75) is 45.1 Å². The summed E-state index contributed by atoms with van der Waals surface area (Å²) in [7, 11) is 0. The van der Waals surface area contributed by atoms with Crippen LogP contribution in [0.4, 0.5) is 13.2 Å². The zero-order chi connectivity index (χ0) is 27.7. The van der Waals surface area contributed by atoms with Crippen molar-refractivity contribution in [3.63, 3.8) is 0 Å². The number of halogens is 3. The lowest BCUT2D eigenvalue weighted by molar-refractivity contribution is -0.138. The Labute approximate surface area is 225 Å². The van der Waals surface area contributed by atoms with Crippen LogP contribution < -0.4 is 11.1 Å². The number of benzene rings is 2. The lowest BCUT2D eigenvalue weighted by Crippen LogP contribution is -2.44. The maximum Gasteiger partial charge on any atom is 0.416 e. The molecule has 0 spiro atoms. The van der Waals surface area contributed by atoms with Gasteiger partial charge in [0.15, 0.2) is 0 Å². The van der Waals surface area contributed by atoms with E-state index in [0.29, 0.717) is 29.3 Å². The molecule has 0 aliphatic heterocycles. The fourth-order valence-electron chi connectivity index (χ4n) is 4.01. The maximum atomic E-state index is 13.4. The number of carbonyl (C=O) groups is 1. The number of hydrogen-bond acceptors (Lipinski definition) is 5. The van der Waals surface area contributed by atoms with Gasteiger partial charge < -0.3 is 20.5 Å². The molecule has 200 valence electrons. The quantitative estimate of drug-likeness (QED) is 0.355. The first-order valence-corrected chi connectivity index (χ1v) is 12.5. The number of nitrogens with two attached hydrogens (primary N) is 1. The van der Waals surface area contributed by atoms with Crippen LogP contribution in [0.5, 0.6) is 0 Å². The number of hydrogen-bond donors (Lipinski definition) is 2. The molecule has 7 nitrogen and oxygen atoms in total. The molecule has 11 heteroatoms. The number of rotatable bonds is 11. The van der Waals surface area contributed by atoms with Crippen molar-refractivity contribution in [3.05, 3.63) is 89.0 Å². The second-order valence-corrected chi connectivity index (χ2v) is 9.24. The summed E-state index contributed by atoms with van der Waals surface area (Å²) < 4.78 is 42.1. The van der Waals surface area contributed by atoms with E-state index in [9.17, 15) is 18.0 Å². The Morgan fingerprint density at radius 2 is 1.95 bits per heavy atom. The van der Waals surface area contributed by atoms with Crippen LogP contribution in [-0.2, 0) is 30.5 Å². The van der Waals surface area contributed by atoms with Crippen LogP contribution in [-0.4, -0.2) is 44.5 Å². The van der Waals surface area contributed by atoms with Crippen molar-refractivity contribution in [3.8, 4) is 6.07 Å². The van der Waals surface area contributed by atoms with Gasteiger partial charge in [-0.3, -0.25) is 4.79 Å². The molecule has 0 radical (unpaired) electrons. The average molecular weight is 543 g/mol. The van der Waals surface area contributed by atoms with Crippen molar-refractivity contribution in [2.24, 2.45) is 5.73 Å². The van der Waals surface area contributed by atoms with Crippen molar-refractivity contribution in [1.29, 1.82) is 5.26 Å². The Morgan fingerprint density at radius 1 is 1.24 bits per heavy atom. The predicted molar refractivity (Wildman–Crippen MR) is 142 cm³/mol. The molecule has 0 bridgehead atoms. The van der Waals surface area contributed by atoms with Gasteiger partial charge in [-0.2, -0.15) is 18.4 Å². The van der Waals surface area contributed by atoms with Gasteiger partial charge in [0.25, 0.3) is 0 Å². The van der Waals surface area contributed by atoms with Crippen LogP contribution in [0.25, 0.3) is 0 Å². The molecule has 38 heavy (non-hydrogen) atoms. The van der Waals surface area contributed by atoms with E-state index < -0.39 is 17.8 Å². The third kappa shape index (κ3) is 7.87. The molecule has 1 amide bonds. The summed E-state index contributed by atoms with van der Waals surface area (Å²) in [5.41, 5.74) is 7.55. The van der Waals surface area contributed by atoms with Gasteiger partial charge in [0.05, 0.1) is 34.9 Å². The third-order valence-electron chi connectivity index (χ3n) is 6.07.